The summed E-state index contributed by atoms with van der Waals surface area (Å²) in [5.41, 5.74) is 0. The van der Waals surface area contributed by atoms with Crippen LogP contribution in [0.15, 0.2) is 0 Å². The largest absolute Gasteiger partial charge is 0.481 e. The first-order valence-corrected chi connectivity index (χ1v) is 6.03. The van der Waals surface area contributed by atoms with Crippen LogP contribution in [0.3, 0.4) is 0 Å². The second kappa shape index (κ2) is 7.33. The maximum atomic E-state index is 11.5. The summed E-state index contributed by atoms with van der Waals surface area (Å²) in [7, 11) is 5.68. The fourth-order valence-corrected chi connectivity index (χ4v) is 1.52. The monoisotopic (exact) mass is 262 g/mol. The molecule has 0 aromatic heterocycles. The van der Waals surface area contributed by atoms with Crippen molar-refractivity contribution < 1.29 is 29.0 Å². The third-order valence-corrected chi connectivity index (χ3v) is 2.33. The molecule has 0 spiro atoms. The molecule has 106 valence electrons. The van der Waals surface area contributed by atoms with E-state index in [0.717, 1.165) is 0 Å². The number of aliphatic hydroxyl groups excluding tert-OH is 1. The van der Waals surface area contributed by atoms with E-state index in [1.807, 2.05) is 21.1 Å². The number of carbonyl (C=O) groups is 2. The summed E-state index contributed by atoms with van der Waals surface area (Å²) in [6.07, 6.45) is -1.24. The van der Waals surface area contributed by atoms with E-state index < -0.39 is 24.1 Å². The lowest BCUT2D eigenvalue weighted by atomic mass is 10.2. The highest BCUT2D eigenvalue weighted by Crippen LogP contribution is 2.08. The van der Waals surface area contributed by atoms with Crippen molar-refractivity contribution in [3.05, 3.63) is 0 Å². The van der Waals surface area contributed by atoms with E-state index >= 15 is 0 Å². The van der Waals surface area contributed by atoms with E-state index in [9.17, 15) is 14.7 Å². The standard InChI is InChI=1S/C12H23NO5/c1-5-9(14)6-12(17)18-10(7-11(15)16)8-13(2,3)4/h9-10,14H,5-8H2,1-4H3/p+1/t9?,10-/m0/s1. The molecule has 0 aliphatic rings. The van der Waals surface area contributed by atoms with Gasteiger partial charge in [0.05, 0.1) is 40.1 Å². The minimum Gasteiger partial charge on any atom is -0.481 e. The smallest absolute Gasteiger partial charge is 0.308 e. The van der Waals surface area contributed by atoms with Crippen LogP contribution in [-0.4, -0.2) is 66.5 Å². The number of aliphatic hydroxyl groups is 1. The molecule has 18 heavy (non-hydrogen) atoms. The van der Waals surface area contributed by atoms with E-state index in [2.05, 4.69) is 0 Å². The SMILES string of the molecule is CCC(O)CC(=O)O[C@@H](CC(=O)O)C[N+](C)(C)C. The van der Waals surface area contributed by atoms with Gasteiger partial charge in [-0.25, -0.2) is 0 Å². The molecule has 6 nitrogen and oxygen atoms in total. The summed E-state index contributed by atoms with van der Waals surface area (Å²) >= 11 is 0. The van der Waals surface area contributed by atoms with E-state index in [1.165, 1.54) is 0 Å². The van der Waals surface area contributed by atoms with Gasteiger partial charge in [0, 0.05) is 0 Å². The Morgan fingerprint density at radius 2 is 1.78 bits per heavy atom. The second-order valence-corrected chi connectivity index (χ2v) is 5.45. The predicted octanol–water partition coefficient (Wildman–Crippen LogP) is 0.240. The highest BCUT2D eigenvalue weighted by atomic mass is 16.5. The number of aliphatic carboxylic acids is 1. The lowest BCUT2D eigenvalue weighted by molar-refractivity contribution is -0.873. The van der Waals surface area contributed by atoms with Crippen LogP contribution in [0.2, 0.25) is 0 Å². The number of rotatable bonds is 8. The molecule has 0 aromatic carbocycles. The third kappa shape index (κ3) is 8.95. The zero-order valence-corrected chi connectivity index (χ0v) is 11.5. The molecule has 0 saturated heterocycles. The maximum Gasteiger partial charge on any atom is 0.308 e. The van der Waals surface area contributed by atoms with Gasteiger partial charge in [0.2, 0.25) is 0 Å². The first-order chi connectivity index (χ1) is 8.14. The summed E-state index contributed by atoms with van der Waals surface area (Å²) < 4.78 is 5.62. The molecule has 0 fully saturated rings. The maximum absolute atomic E-state index is 11.5. The molecule has 0 aromatic rings. The van der Waals surface area contributed by atoms with Crippen molar-refractivity contribution >= 4 is 11.9 Å². The summed E-state index contributed by atoms with van der Waals surface area (Å²) in [5.74, 6) is -1.55. The Kier molecular flexibility index (Phi) is 6.86. The van der Waals surface area contributed by atoms with Gasteiger partial charge >= 0.3 is 11.9 Å². The van der Waals surface area contributed by atoms with Gasteiger partial charge in [0.25, 0.3) is 0 Å². The van der Waals surface area contributed by atoms with Gasteiger partial charge < -0.3 is 19.4 Å². The number of quaternary nitrogens is 1. The molecule has 0 aliphatic heterocycles. The second-order valence-electron chi connectivity index (χ2n) is 5.45. The molecule has 0 rings (SSSR count). The molecular formula is C12H24NO5+. The minimum absolute atomic E-state index is 0.0935. The van der Waals surface area contributed by atoms with Crippen molar-refractivity contribution in [2.24, 2.45) is 0 Å². The third-order valence-electron chi connectivity index (χ3n) is 2.33. The highest BCUT2D eigenvalue weighted by molar-refractivity contribution is 5.71. The van der Waals surface area contributed by atoms with E-state index in [1.54, 1.807) is 6.92 Å². The number of carbonyl (C=O) groups excluding carboxylic acids is 1. The number of likely N-dealkylation sites (N-methyl/N-ethyl adjacent to an activating group) is 1. The lowest BCUT2D eigenvalue weighted by Gasteiger charge is -2.28. The fraction of sp³-hybridized carbons (Fsp3) is 0.833. The Morgan fingerprint density at radius 3 is 2.17 bits per heavy atom. The zero-order chi connectivity index (χ0) is 14.3. The molecular weight excluding hydrogens is 238 g/mol. The van der Waals surface area contributed by atoms with Crippen LogP contribution < -0.4 is 0 Å². The van der Waals surface area contributed by atoms with Crippen LogP contribution in [0.4, 0.5) is 0 Å². The Bertz CT molecular complexity index is 285. The molecule has 0 heterocycles. The number of ether oxygens (including phenoxy) is 1. The van der Waals surface area contributed by atoms with Gasteiger partial charge in [-0.1, -0.05) is 6.92 Å². The van der Waals surface area contributed by atoms with Crippen molar-refractivity contribution in [1.29, 1.82) is 0 Å². The van der Waals surface area contributed by atoms with Gasteiger partial charge in [-0.2, -0.15) is 0 Å². The Balaban J connectivity index is 4.40. The van der Waals surface area contributed by atoms with Gasteiger partial charge in [-0.3, -0.25) is 9.59 Å². The Labute approximate surface area is 108 Å². The van der Waals surface area contributed by atoms with Crippen LogP contribution >= 0.6 is 0 Å². The summed E-state index contributed by atoms with van der Waals surface area (Å²) in [6.45, 7) is 2.18. The summed E-state index contributed by atoms with van der Waals surface area (Å²) in [5, 5.41) is 18.1. The topological polar surface area (TPSA) is 83.8 Å². The van der Waals surface area contributed by atoms with Crippen LogP contribution in [-0.2, 0) is 14.3 Å². The van der Waals surface area contributed by atoms with E-state index in [4.69, 9.17) is 9.84 Å². The van der Waals surface area contributed by atoms with E-state index in [0.29, 0.717) is 17.4 Å². The van der Waals surface area contributed by atoms with Crippen LogP contribution in [0.25, 0.3) is 0 Å². The number of hydrogen-bond acceptors (Lipinski definition) is 4. The molecule has 0 aliphatic carbocycles. The first-order valence-electron chi connectivity index (χ1n) is 6.03. The number of esters is 1. The fourth-order valence-electron chi connectivity index (χ4n) is 1.52. The van der Waals surface area contributed by atoms with Gasteiger partial charge in [0.1, 0.15) is 6.54 Å². The number of hydrogen-bond donors (Lipinski definition) is 2. The average Bonchev–Trinajstić information content (AvgIpc) is 2.12. The Morgan fingerprint density at radius 1 is 1.22 bits per heavy atom. The van der Waals surface area contributed by atoms with Gasteiger partial charge in [0.15, 0.2) is 6.10 Å². The number of carboxylic acids is 1. The minimum atomic E-state index is -1.00. The lowest BCUT2D eigenvalue weighted by Crippen LogP contribution is -2.44. The van der Waals surface area contributed by atoms with Crippen LogP contribution in [0.1, 0.15) is 26.2 Å². The normalized spacial score (nSPS) is 14.9. The van der Waals surface area contributed by atoms with Crippen molar-refractivity contribution in [3.8, 4) is 0 Å². The van der Waals surface area contributed by atoms with E-state index in [-0.39, 0.29) is 12.8 Å². The summed E-state index contributed by atoms with van der Waals surface area (Å²) in [6, 6.07) is 0. The zero-order valence-electron chi connectivity index (χ0n) is 11.5. The average molecular weight is 262 g/mol. The predicted molar refractivity (Wildman–Crippen MR) is 65.9 cm³/mol. The molecule has 0 amide bonds. The van der Waals surface area contributed by atoms with Crippen molar-refractivity contribution in [2.75, 3.05) is 27.7 Å². The van der Waals surface area contributed by atoms with Gasteiger partial charge in [-0.05, 0) is 6.42 Å². The molecule has 6 heteroatoms. The number of carboxylic acid groups (broad SMARTS) is 1. The Hall–Kier alpha value is -1.14. The molecule has 1 unspecified atom stereocenters. The molecule has 2 atom stereocenters. The summed E-state index contributed by atoms with van der Waals surface area (Å²) in [4.78, 5) is 22.2. The quantitative estimate of drug-likeness (QED) is 0.483. The first kappa shape index (κ1) is 16.9. The highest BCUT2D eigenvalue weighted by Gasteiger charge is 2.25. The van der Waals surface area contributed by atoms with Crippen molar-refractivity contribution in [1.82, 2.24) is 0 Å². The van der Waals surface area contributed by atoms with Crippen LogP contribution in [0, 0.1) is 0 Å². The molecule has 0 radical (unpaired) electrons. The van der Waals surface area contributed by atoms with Crippen molar-refractivity contribution in [3.63, 3.8) is 0 Å². The molecule has 0 saturated carbocycles. The van der Waals surface area contributed by atoms with Crippen molar-refractivity contribution in [2.45, 2.75) is 38.4 Å². The molecule has 0 bridgehead atoms. The van der Waals surface area contributed by atoms with Crippen LogP contribution in [0.5, 0.6) is 0 Å². The molecule has 2 N–H and O–H groups in total. The van der Waals surface area contributed by atoms with Gasteiger partial charge in [-0.15, -0.1) is 0 Å². The number of nitrogens with zero attached hydrogens (tertiary/aromatic N) is 1.